The molecule has 0 bridgehead atoms. The van der Waals surface area contributed by atoms with Crippen LogP contribution in [-0.4, -0.2) is 6.61 Å². The van der Waals surface area contributed by atoms with Crippen molar-refractivity contribution in [1.29, 1.82) is 0 Å². The van der Waals surface area contributed by atoms with Gasteiger partial charge in [-0.15, -0.1) is 11.3 Å². The van der Waals surface area contributed by atoms with Gasteiger partial charge in [-0.1, -0.05) is 42.5 Å². The summed E-state index contributed by atoms with van der Waals surface area (Å²) < 4.78 is 12.6. The largest absolute Gasteiger partial charge is 0.489 e. The Labute approximate surface area is 138 Å². The lowest BCUT2D eigenvalue weighted by Gasteiger charge is -2.43. The van der Waals surface area contributed by atoms with E-state index >= 15 is 0 Å². The van der Waals surface area contributed by atoms with E-state index in [-0.39, 0.29) is 0 Å². The summed E-state index contributed by atoms with van der Waals surface area (Å²) in [4.78, 5) is 1.19. The van der Waals surface area contributed by atoms with Crippen molar-refractivity contribution in [3.63, 3.8) is 0 Å². The average Bonchev–Trinajstić information content (AvgIpc) is 3.15. The molecule has 0 amide bonds. The number of benzene rings is 2. The topological polar surface area (TPSA) is 18.5 Å². The number of hydrogen-bond acceptors (Lipinski definition) is 3. The second-order valence-electron chi connectivity index (χ2n) is 5.75. The van der Waals surface area contributed by atoms with Crippen molar-refractivity contribution in [2.45, 2.75) is 5.60 Å². The first-order valence-corrected chi connectivity index (χ1v) is 8.51. The summed E-state index contributed by atoms with van der Waals surface area (Å²) in [5, 5.41) is 2.10. The first-order chi connectivity index (χ1) is 11.4. The molecule has 2 aromatic carbocycles. The van der Waals surface area contributed by atoms with Crippen molar-refractivity contribution < 1.29 is 9.47 Å². The highest BCUT2D eigenvalue weighted by molar-refractivity contribution is 7.10. The highest BCUT2D eigenvalue weighted by Crippen LogP contribution is 2.52. The molecular formula is C20H14O2S. The molecule has 0 saturated heterocycles. The maximum Gasteiger partial charge on any atom is 0.196 e. The van der Waals surface area contributed by atoms with Crippen LogP contribution in [0, 0.1) is 0 Å². The molecule has 1 atom stereocenters. The van der Waals surface area contributed by atoms with Gasteiger partial charge in [-0.05, 0) is 29.7 Å². The number of para-hydroxylation sites is 2. The number of fused-ring (bicyclic) bond motifs is 4. The molecule has 1 unspecified atom stereocenters. The van der Waals surface area contributed by atoms with Crippen LogP contribution in [0.3, 0.4) is 0 Å². The zero-order valence-corrected chi connectivity index (χ0v) is 13.2. The number of hydrogen-bond donors (Lipinski definition) is 0. The lowest BCUT2D eigenvalue weighted by atomic mass is 9.80. The highest BCUT2D eigenvalue weighted by Gasteiger charge is 2.48. The molecule has 3 heterocycles. The van der Waals surface area contributed by atoms with Gasteiger partial charge in [-0.25, -0.2) is 0 Å². The molecular weight excluding hydrogens is 304 g/mol. The fraction of sp³-hybridized carbons (Fsp3) is 0.100. The molecule has 0 aliphatic carbocycles. The van der Waals surface area contributed by atoms with Crippen molar-refractivity contribution in [3.8, 4) is 11.5 Å². The number of thiophene rings is 1. The zero-order chi connectivity index (χ0) is 15.3. The monoisotopic (exact) mass is 318 g/mol. The van der Waals surface area contributed by atoms with Crippen molar-refractivity contribution in [2.75, 3.05) is 6.61 Å². The molecule has 0 spiro atoms. The van der Waals surface area contributed by atoms with Crippen molar-refractivity contribution in [1.82, 2.24) is 0 Å². The molecule has 3 heteroatoms. The van der Waals surface area contributed by atoms with Gasteiger partial charge in [-0.2, -0.15) is 0 Å². The van der Waals surface area contributed by atoms with E-state index in [9.17, 15) is 0 Å². The smallest absolute Gasteiger partial charge is 0.196 e. The van der Waals surface area contributed by atoms with Gasteiger partial charge < -0.3 is 9.47 Å². The fourth-order valence-corrected chi connectivity index (χ4v) is 4.35. The highest BCUT2D eigenvalue weighted by atomic mass is 32.1. The summed E-state index contributed by atoms with van der Waals surface area (Å²) in [6, 6.07) is 20.6. The van der Waals surface area contributed by atoms with E-state index in [1.807, 2.05) is 36.4 Å². The summed E-state index contributed by atoms with van der Waals surface area (Å²) in [5.41, 5.74) is 2.77. The van der Waals surface area contributed by atoms with Crippen LogP contribution in [0.15, 0.2) is 71.6 Å². The number of ether oxygens (including phenoxy) is 2. The summed E-state index contributed by atoms with van der Waals surface area (Å²) >= 11 is 1.72. The Morgan fingerprint density at radius 2 is 1.70 bits per heavy atom. The van der Waals surface area contributed by atoms with Crippen LogP contribution in [0.1, 0.15) is 16.0 Å². The van der Waals surface area contributed by atoms with Crippen LogP contribution < -0.4 is 9.47 Å². The summed E-state index contributed by atoms with van der Waals surface area (Å²) in [7, 11) is 0. The Kier molecular flexibility index (Phi) is 2.67. The minimum absolute atomic E-state index is 0.545. The van der Waals surface area contributed by atoms with Crippen LogP contribution in [0.2, 0.25) is 0 Å². The molecule has 23 heavy (non-hydrogen) atoms. The molecule has 0 fully saturated rings. The van der Waals surface area contributed by atoms with Gasteiger partial charge in [0.25, 0.3) is 0 Å². The van der Waals surface area contributed by atoms with E-state index in [4.69, 9.17) is 9.47 Å². The van der Waals surface area contributed by atoms with E-state index in [0.29, 0.717) is 6.61 Å². The van der Waals surface area contributed by atoms with E-state index in [0.717, 1.165) is 28.2 Å². The maximum absolute atomic E-state index is 6.66. The minimum atomic E-state index is -0.572. The predicted octanol–water partition coefficient (Wildman–Crippen LogP) is 4.86. The normalized spacial score (nSPS) is 21.1. The van der Waals surface area contributed by atoms with Gasteiger partial charge in [0.2, 0.25) is 0 Å². The lowest BCUT2D eigenvalue weighted by molar-refractivity contribution is 0.115. The molecule has 0 N–H and O–H groups in total. The van der Waals surface area contributed by atoms with Crippen LogP contribution in [0.5, 0.6) is 11.5 Å². The Hall–Kier alpha value is -2.52. The molecule has 0 radical (unpaired) electrons. The van der Waals surface area contributed by atoms with Crippen molar-refractivity contribution in [3.05, 3.63) is 87.6 Å². The van der Waals surface area contributed by atoms with Gasteiger partial charge in [0.1, 0.15) is 18.1 Å². The molecule has 2 aliphatic rings. The van der Waals surface area contributed by atoms with Crippen LogP contribution in [0.4, 0.5) is 0 Å². The van der Waals surface area contributed by atoms with Crippen molar-refractivity contribution in [2.24, 2.45) is 0 Å². The Balaban J connectivity index is 1.84. The predicted molar refractivity (Wildman–Crippen MR) is 92.1 cm³/mol. The first-order valence-electron chi connectivity index (χ1n) is 7.63. The van der Waals surface area contributed by atoms with Crippen molar-refractivity contribution >= 4 is 17.4 Å². The average molecular weight is 318 g/mol. The standard InChI is InChI=1S/C20H14O2S/c1-3-8-17-14(6-1)12-15-13-21-18-9-4-2-7-16(18)20(15,22-17)19-10-5-11-23-19/h1-12H,13H2. The van der Waals surface area contributed by atoms with Gasteiger partial charge in [-0.3, -0.25) is 0 Å². The molecule has 0 saturated carbocycles. The van der Waals surface area contributed by atoms with Gasteiger partial charge >= 0.3 is 0 Å². The third kappa shape index (κ3) is 1.74. The Bertz CT molecular complexity index is 911. The molecule has 5 rings (SSSR count). The Morgan fingerprint density at radius 1 is 0.870 bits per heavy atom. The molecule has 1 aromatic heterocycles. The van der Waals surface area contributed by atoms with Crippen LogP contribution in [0.25, 0.3) is 6.08 Å². The first kappa shape index (κ1) is 13.0. The molecule has 3 aromatic rings. The van der Waals surface area contributed by atoms with E-state index in [2.05, 4.69) is 35.7 Å². The summed E-state index contributed by atoms with van der Waals surface area (Å²) in [6.07, 6.45) is 2.22. The lowest BCUT2D eigenvalue weighted by Crippen LogP contribution is -2.43. The molecule has 2 aliphatic heterocycles. The van der Waals surface area contributed by atoms with Gasteiger partial charge in [0.05, 0.1) is 4.88 Å². The summed E-state index contributed by atoms with van der Waals surface area (Å²) in [6.45, 7) is 0.545. The van der Waals surface area contributed by atoms with Gasteiger partial charge in [0, 0.05) is 16.7 Å². The third-order valence-corrected chi connectivity index (χ3v) is 5.45. The third-order valence-electron chi connectivity index (χ3n) is 4.48. The second kappa shape index (κ2) is 4.74. The SMILES string of the molecule is C1=C2COc3ccccc3C2(c2cccs2)Oc2ccccc21. The molecule has 2 nitrogen and oxygen atoms in total. The minimum Gasteiger partial charge on any atom is -0.489 e. The van der Waals surface area contributed by atoms with E-state index < -0.39 is 5.60 Å². The maximum atomic E-state index is 6.66. The second-order valence-corrected chi connectivity index (χ2v) is 6.70. The number of rotatable bonds is 1. The molecule has 112 valence electrons. The zero-order valence-electron chi connectivity index (χ0n) is 12.4. The van der Waals surface area contributed by atoms with Crippen LogP contribution >= 0.6 is 11.3 Å². The quantitative estimate of drug-likeness (QED) is 0.638. The van der Waals surface area contributed by atoms with E-state index in [1.165, 1.54) is 4.88 Å². The van der Waals surface area contributed by atoms with Crippen LogP contribution in [-0.2, 0) is 5.60 Å². The summed E-state index contributed by atoms with van der Waals surface area (Å²) in [5.74, 6) is 1.82. The van der Waals surface area contributed by atoms with E-state index in [1.54, 1.807) is 11.3 Å². The Morgan fingerprint density at radius 3 is 2.57 bits per heavy atom. The van der Waals surface area contributed by atoms with Gasteiger partial charge in [0.15, 0.2) is 5.60 Å². The fourth-order valence-electron chi connectivity index (χ4n) is 3.44.